The molecule has 2 aromatic heterocycles. The zero-order valence-corrected chi connectivity index (χ0v) is 19.9. The van der Waals surface area contributed by atoms with Gasteiger partial charge in [-0.2, -0.15) is 0 Å². The van der Waals surface area contributed by atoms with Crippen LogP contribution in [0.4, 0.5) is 0 Å². The topological polar surface area (TPSA) is 76.5 Å². The zero-order valence-electron chi connectivity index (χ0n) is 19.1. The second kappa shape index (κ2) is 10.9. The van der Waals surface area contributed by atoms with Gasteiger partial charge in [0.25, 0.3) is 0 Å². The third-order valence-corrected chi connectivity index (χ3v) is 6.77. The lowest BCUT2D eigenvalue weighted by molar-refractivity contribution is -0.578. The van der Waals surface area contributed by atoms with Crippen LogP contribution in [-0.2, 0) is 6.42 Å². The molecule has 1 atom stereocenters. The first-order valence-corrected chi connectivity index (χ1v) is 12.4. The van der Waals surface area contributed by atoms with Gasteiger partial charge in [0.2, 0.25) is 0 Å². The van der Waals surface area contributed by atoms with E-state index < -0.39 is 0 Å². The first kappa shape index (κ1) is 23.4. The highest BCUT2D eigenvalue weighted by Gasteiger charge is 2.20. The molecule has 7 heteroatoms. The number of thioether (sulfide) groups is 1. The van der Waals surface area contributed by atoms with Gasteiger partial charge >= 0.3 is 5.65 Å². The number of β-amino-alcohol motifs (C(OH)–C–C–N with tert-alkyl or cyclic N) is 1. The summed E-state index contributed by atoms with van der Waals surface area (Å²) in [6.07, 6.45) is 9.92. The Morgan fingerprint density at radius 1 is 1.12 bits per heavy atom. The Kier molecular flexibility index (Phi) is 7.77. The van der Waals surface area contributed by atoms with Crippen molar-refractivity contribution in [3.05, 3.63) is 72.7 Å². The Balaban J connectivity index is 0.00000126. The lowest BCUT2D eigenvalue weighted by Crippen LogP contribution is -2.24. The molecule has 5 rings (SSSR count). The summed E-state index contributed by atoms with van der Waals surface area (Å²) in [6, 6.07) is 17.3. The van der Waals surface area contributed by atoms with E-state index in [1.807, 2.05) is 16.9 Å². The SMILES string of the molecule is CO.CSc1cccc(-c2c[nH][n+]3cc(-c4ccc(CCN5CCC(O)C5)cc4)cnc23)c1. The molecule has 4 aromatic rings. The van der Waals surface area contributed by atoms with Gasteiger partial charge in [0.1, 0.15) is 6.20 Å². The Labute approximate surface area is 198 Å². The molecule has 1 aliphatic heterocycles. The van der Waals surface area contributed by atoms with Crippen LogP contribution in [0.2, 0.25) is 0 Å². The number of H-pyrrole nitrogens is 1. The van der Waals surface area contributed by atoms with E-state index in [9.17, 15) is 5.11 Å². The van der Waals surface area contributed by atoms with Gasteiger partial charge in [-0.25, -0.2) is 5.10 Å². The van der Waals surface area contributed by atoms with Crippen molar-refractivity contribution in [2.45, 2.75) is 23.8 Å². The lowest BCUT2D eigenvalue weighted by Gasteiger charge is -2.14. The summed E-state index contributed by atoms with van der Waals surface area (Å²) in [5.74, 6) is 0. The number of aromatic amines is 1. The third-order valence-electron chi connectivity index (χ3n) is 6.04. The lowest BCUT2D eigenvalue weighted by atomic mass is 10.0. The van der Waals surface area contributed by atoms with Crippen LogP contribution in [0, 0.1) is 0 Å². The summed E-state index contributed by atoms with van der Waals surface area (Å²) in [4.78, 5) is 8.35. The van der Waals surface area contributed by atoms with Crippen LogP contribution in [0.3, 0.4) is 0 Å². The van der Waals surface area contributed by atoms with Crippen molar-refractivity contribution in [1.29, 1.82) is 0 Å². The van der Waals surface area contributed by atoms with Gasteiger partial charge < -0.3 is 15.1 Å². The number of hydrogen-bond acceptors (Lipinski definition) is 5. The minimum absolute atomic E-state index is 0.148. The Bertz CT molecular complexity index is 1190. The quantitative estimate of drug-likeness (QED) is 0.302. The van der Waals surface area contributed by atoms with Gasteiger partial charge in [0.05, 0.1) is 23.4 Å². The van der Waals surface area contributed by atoms with Gasteiger partial charge in [-0.1, -0.05) is 36.4 Å². The van der Waals surface area contributed by atoms with Gasteiger partial charge in [-0.15, -0.1) is 16.3 Å². The van der Waals surface area contributed by atoms with Crippen LogP contribution in [0.1, 0.15) is 12.0 Å². The molecule has 3 heterocycles. The molecule has 1 saturated heterocycles. The highest BCUT2D eigenvalue weighted by Crippen LogP contribution is 2.26. The molecule has 0 bridgehead atoms. The minimum Gasteiger partial charge on any atom is -0.400 e. The fourth-order valence-corrected chi connectivity index (χ4v) is 4.70. The maximum Gasteiger partial charge on any atom is 0.355 e. The molecule has 172 valence electrons. The monoisotopic (exact) mass is 463 g/mol. The average molecular weight is 464 g/mol. The maximum atomic E-state index is 9.67. The normalized spacial score (nSPS) is 16.1. The number of nitrogens with one attached hydrogen (secondary N) is 1. The molecule has 33 heavy (non-hydrogen) atoms. The largest absolute Gasteiger partial charge is 0.400 e. The van der Waals surface area contributed by atoms with E-state index in [0.717, 1.165) is 61.9 Å². The van der Waals surface area contributed by atoms with E-state index in [2.05, 4.69) is 71.0 Å². The predicted octanol–water partition coefficient (Wildman–Crippen LogP) is 3.42. The first-order chi connectivity index (χ1) is 16.2. The number of nitrogens with zero attached hydrogens (tertiary/aromatic N) is 3. The van der Waals surface area contributed by atoms with Crippen molar-refractivity contribution in [3.63, 3.8) is 0 Å². The van der Waals surface area contributed by atoms with Crippen molar-refractivity contribution < 1.29 is 14.7 Å². The summed E-state index contributed by atoms with van der Waals surface area (Å²) < 4.78 is 1.99. The van der Waals surface area contributed by atoms with Crippen LogP contribution in [0.25, 0.3) is 27.9 Å². The number of likely N-dealkylation sites (tertiary alicyclic amines) is 1. The molecule has 0 amide bonds. The molecular formula is C26H31N4O2S+. The number of fused-ring (bicyclic) bond motifs is 1. The van der Waals surface area contributed by atoms with Crippen LogP contribution >= 0.6 is 11.8 Å². The summed E-state index contributed by atoms with van der Waals surface area (Å²) >= 11 is 1.75. The maximum absolute atomic E-state index is 9.67. The second-order valence-corrected chi connectivity index (χ2v) is 9.03. The molecule has 0 saturated carbocycles. The number of hydrogen-bond donors (Lipinski definition) is 3. The Morgan fingerprint density at radius 2 is 1.94 bits per heavy atom. The van der Waals surface area contributed by atoms with Crippen LogP contribution in [0.5, 0.6) is 0 Å². The second-order valence-electron chi connectivity index (χ2n) is 8.15. The minimum atomic E-state index is -0.148. The molecule has 0 spiro atoms. The van der Waals surface area contributed by atoms with Crippen molar-refractivity contribution in [2.24, 2.45) is 0 Å². The third kappa shape index (κ3) is 5.45. The average Bonchev–Trinajstić information content (AvgIpc) is 3.50. The first-order valence-electron chi connectivity index (χ1n) is 11.2. The zero-order chi connectivity index (χ0) is 23.2. The summed E-state index contributed by atoms with van der Waals surface area (Å²) in [7, 11) is 1.00. The number of aliphatic hydroxyl groups excluding tert-OH is 2. The number of rotatable bonds is 6. The predicted molar refractivity (Wildman–Crippen MR) is 133 cm³/mol. The molecule has 0 aliphatic carbocycles. The molecule has 0 radical (unpaired) electrons. The van der Waals surface area contributed by atoms with Crippen molar-refractivity contribution in [3.8, 4) is 22.3 Å². The molecule has 3 N–H and O–H groups in total. The highest BCUT2D eigenvalue weighted by atomic mass is 32.2. The van der Waals surface area contributed by atoms with E-state index in [1.54, 1.807) is 11.8 Å². The van der Waals surface area contributed by atoms with E-state index in [0.29, 0.717) is 0 Å². The van der Waals surface area contributed by atoms with E-state index in [1.165, 1.54) is 16.0 Å². The number of aliphatic hydroxyl groups is 2. The summed E-state index contributed by atoms with van der Waals surface area (Å²) in [5.41, 5.74) is 6.75. The van der Waals surface area contributed by atoms with Crippen molar-refractivity contribution >= 4 is 17.4 Å². The fourth-order valence-electron chi connectivity index (χ4n) is 4.24. The van der Waals surface area contributed by atoms with E-state index in [4.69, 9.17) is 10.1 Å². The van der Waals surface area contributed by atoms with Gasteiger partial charge in [-0.3, -0.25) is 0 Å². The summed E-state index contributed by atoms with van der Waals surface area (Å²) in [6.45, 7) is 2.81. The summed E-state index contributed by atoms with van der Waals surface area (Å²) in [5, 5.41) is 20.0. The Hall–Kier alpha value is -2.71. The van der Waals surface area contributed by atoms with Gasteiger partial charge in [0.15, 0.2) is 6.20 Å². The molecule has 1 aliphatic rings. The highest BCUT2D eigenvalue weighted by molar-refractivity contribution is 7.98. The van der Waals surface area contributed by atoms with Crippen LogP contribution in [-0.4, -0.2) is 64.3 Å². The smallest absolute Gasteiger partial charge is 0.355 e. The fraction of sp³-hybridized carbons (Fsp3) is 0.308. The standard InChI is InChI=1S/C25H26N4OS.CH4O/c1-31-23-4-2-3-20(13-23)24-15-27-29-16-21(14-26-25(24)29)19-7-5-18(6-8-19)9-11-28-12-10-22(30)17-28;1-2/h2-8,13-16,22,30H,9-12,17H2,1H3;2H,1H3/p+1. The molecular weight excluding hydrogens is 432 g/mol. The van der Waals surface area contributed by atoms with Gasteiger partial charge in [0, 0.05) is 31.6 Å². The van der Waals surface area contributed by atoms with E-state index in [-0.39, 0.29) is 6.10 Å². The van der Waals surface area contributed by atoms with Gasteiger partial charge in [-0.05, 0) is 52.9 Å². The molecule has 1 unspecified atom stereocenters. The number of aromatic nitrogens is 3. The molecule has 1 fully saturated rings. The number of benzene rings is 2. The van der Waals surface area contributed by atoms with Crippen molar-refractivity contribution in [1.82, 2.24) is 15.0 Å². The molecule has 2 aromatic carbocycles. The van der Waals surface area contributed by atoms with E-state index >= 15 is 0 Å². The van der Waals surface area contributed by atoms with Crippen molar-refractivity contribution in [2.75, 3.05) is 33.0 Å². The molecule has 6 nitrogen and oxygen atoms in total. The Morgan fingerprint density at radius 3 is 2.67 bits per heavy atom. The van der Waals surface area contributed by atoms with Crippen LogP contribution in [0.15, 0.2) is 72.0 Å². The van der Waals surface area contributed by atoms with Crippen LogP contribution < -0.4 is 4.52 Å².